The lowest BCUT2D eigenvalue weighted by molar-refractivity contribution is -0.110. The van der Waals surface area contributed by atoms with Crippen LogP contribution in [-0.2, 0) is 24.2 Å². The molecule has 3 aromatic heterocycles. The average molecular weight is 478 g/mol. The second-order valence-electron chi connectivity index (χ2n) is 6.84. The molecule has 0 bridgehead atoms. The number of methoxy groups -OCH3 is 1. The molecule has 11 nitrogen and oxygen atoms in total. The third kappa shape index (κ3) is 5.00. The van der Waals surface area contributed by atoms with E-state index in [2.05, 4.69) is 25.4 Å². The molecule has 1 saturated heterocycles. The standard InChI is InChI=1S/C19H19N5O6S2/c1-28-14-5-4-13-18(22-14)31-19(21-13)23-17(25)16(24-30-12-7-8-29-10-12)11-3-6-15(20-9-11)32(2,26)27/h3-6,9,12H,7-8,10H2,1-2H3,(H,21,23,25)/b24-16+/t12-/m1/s1. The van der Waals surface area contributed by atoms with Crippen LogP contribution in [0.2, 0.25) is 0 Å². The predicted octanol–water partition coefficient (Wildman–Crippen LogP) is 1.65. The highest BCUT2D eigenvalue weighted by molar-refractivity contribution is 7.90. The molecular weight excluding hydrogens is 458 g/mol. The van der Waals surface area contributed by atoms with Crippen molar-refractivity contribution >= 4 is 48.3 Å². The number of fused-ring (bicyclic) bond motifs is 1. The Balaban J connectivity index is 1.61. The molecule has 1 amide bonds. The summed E-state index contributed by atoms with van der Waals surface area (Å²) in [6.45, 7) is 0.920. The Kier molecular flexibility index (Phi) is 6.30. The van der Waals surface area contributed by atoms with Crippen LogP contribution < -0.4 is 10.1 Å². The minimum absolute atomic E-state index is 0.0748. The second-order valence-corrected chi connectivity index (χ2v) is 9.78. The van der Waals surface area contributed by atoms with Crippen molar-refractivity contribution in [3.8, 4) is 5.88 Å². The van der Waals surface area contributed by atoms with Crippen molar-refractivity contribution in [1.82, 2.24) is 15.0 Å². The van der Waals surface area contributed by atoms with Crippen molar-refractivity contribution in [3.63, 3.8) is 0 Å². The van der Waals surface area contributed by atoms with Gasteiger partial charge in [0.05, 0.1) is 20.3 Å². The largest absolute Gasteiger partial charge is 0.481 e. The Hall–Kier alpha value is -3.16. The molecular formula is C19H19N5O6S2. The lowest BCUT2D eigenvalue weighted by Crippen LogP contribution is -2.25. The molecule has 0 aromatic carbocycles. The van der Waals surface area contributed by atoms with Crippen LogP contribution in [0.4, 0.5) is 5.13 Å². The first kappa shape index (κ1) is 22.0. The Morgan fingerprint density at radius 3 is 2.78 bits per heavy atom. The fourth-order valence-corrected chi connectivity index (χ4v) is 4.20. The highest BCUT2D eigenvalue weighted by atomic mass is 32.2. The number of aromatic nitrogens is 3. The summed E-state index contributed by atoms with van der Waals surface area (Å²) in [7, 11) is -1.97. The van der Waals surface area contributed by atoms with Crippen LogP contribution >= 0.6 is 11.3 Å². The lowest BCUT2D eigenvalue weighted by Gasteiger charge is -2.09. The highest BCUT2D eigenvalue weighted by Gasteiger charge is 2.22. The highest BCUT2D eigenvalue weighted by Crippen LogP contribution is 2.26. The number of thiazole rings is 1. The first-order valence-corrected chi connectivity index (χ1v) is 12.2. The number of rotatable bonds is 7. The summed E-state index contributed by atoms with van der Waals surface area (Å²) >= 11 is 1.17. The normalized spacial score (nSPS) is 16.8. The van der Waals surface area contributed by atoms with Crippen molar-refractivity contribution in [1.29, 1.82) is 0 Å². The minimum atomic E-state index is -3.48. The van der Waals surface area contributed by atoms with Gasteiger partial charge in [0.2, 0.25) is 5.88 Å². The number of nitrogens with zero attached hydrogens (tertiary/aromatic N) is 4. The van der Waals surface area contributed by atoms with Gasteiger partial charge < -0.3 is 14.3 Å². The van der Waals surface area contributed by atoms with E-state index in [1.807, 2.05) is 0 Å². The maximum Gasteiger partial charge on any atom is 0.280 e. The Labute approximate surface area is 187 Å². The van der Waals surface area contributed by atoms with Gasteiger partial charge in [-0.05, 0) is 18.2 Å². The maximum atomic E-state index is 13.0. The summed E-state index contributed by atoms with van der Waals surface area (Å²) in [5.41, 5.74) is 0.812. The summed E-state index contributed by atoms with van der Waals surface area (Å²) in [4.78, 5) is 31.7. The van der Waals surface area contributed by atoms with Crippen LogP contribution in [0.25, 0.3) is 10.3 Å². The molecule has 0 spiro atoms. The van der Waals surface area contributed by atoms with E-state index in [0.29, 0.717) is 41.0 Å². The zero-order valence-electron chi connectivity index (χ0n) is 17.1. The van der Waals surface area contributed by atoms with E-state index in [1.165, 1.54) is 36.8 Å². The predicted molar refractivity (Wildman–Crippen MR) is 117 cm³/mol. The van der Waals surface area contributed by atoms with E-state index in [0.717, 1.165) is 6.26 Å². The van der Waals surface area contributed by atoms with Crippen LogP contribution in [0.15, 0.2) is 40.6 Å². The zero-order chi connectivity index (χ0) is 22.7. The van der Waals surface area contributed by atoms with Crippen LogP contribution in [0.3, 0.4) is 0 Å². The number of nitrogens with one attached hydrogen (secondary N) is 1. The molecule has 1 aliphatic rings. The molecule has 168 valence electrons. The number of hydrogen-bond donors (Lipinski definition) is 1. The molecule has 4 heterocycles. The Bertz CT molecular complexity index is 1270. The van der Waals surface area contributed by atoms with Crippen molar-refractivity contribution in [3.05, 3.63) is 36.0 Å². The van der Waals surface area contributed by atoms with E-state index >= 15 is 0 Å². The van der Waals surface area contributed by atoms with Gasteiger partial charge in [-0.2, -0.15) is 0 Å². The average Bonchev–Trinajstić information content (AvgIpc) is 3.42. The van der Waals surface area contributed by atoms with E-state index in [1.54, 1.807) is 12.1 Å². The van der Waals surface area contributed by atoms with Gasteiger partial charge in [-0.3, -0.25) is 10.1 Å². The summed E-state index contributed by atoms with van der Waals surface area (Å²) in [5, 5.41) is 6.90. The van der Waals surface area contributed by atoms with Gasteiger partial charge in [0.1, 0.15) is 10.3 Å². The summed E-state index contributed by atoms with van der Waals surface area (Å²) in [6, 6.07) is 6.16. The van der Waals surface area contributed by atoms with Gasteiger partial charge in [0, 0.05) is 30.5 Å². The molecule has 4 rings (SSSR count). The molecule has 32 heavy (non-hydrogen) atoms. The van der Waals surface area contributed by atoms with Crippen molar-refractivity contribution in [2.75, 3.05) is 31.9 Å². The van der Waals surface area contributed by atoms with E-state index in [9.17, 15) is 13.2 Å². The van der Waals surface area contributed by atoms with Crippen molar-refractivity contribution < 1.29 is 27.5 Å². The third-order valence-electron chi connectivity index (χ3n) is 4.45. The first-order valence-electron chi connectivity index (χ1n) is 9.44. The van der Waals surface area contributed by atoms with Crippen molar-refractivity contribution in [2.24, 2.45) is 5.16 Å². The molecule has 3 aromatic rings. The number of oxime groups is 1. The molecule has 1 fully saturated rings. The number of amides is 1. The molecule has 1 N–H and O–H groups in total. The number of hydrogen-bond acceptors (Lipinski definition) is 11. The number of pyridine rings is 2. The first-order chi connectivity index (χ1) is 15.3. The molecule has 1 aliphatic heterocycles. The van der Waals surface area contributed by atoms with Gasteiger partial charge in [-0.1, -0.05) is 16.5 Å². The molecule has 0 saturated carbocycles. The van der Waals surface area contributed by atoms with Crippen LogP contribution in [-0.4, -0.2) is 67.7 Å². The van der Waals surface area contributed by atoms with Crippen molar-refractivity contribution in [2.45, 2.75) is 17.6 Å². The smallest absolute Gasteiger partial charge is 0.280 e. The summed E-state index contributed by atoms with van der Waals surface area (Å²) < 4.78 is 33.7. The number of carbonyl (C=O) groups excluding carboxylic acids is 1. The molecule has 13 heteroatoms. The summed E-state index contributed by atoms with van der Waals surface area (Å²) in [5.74, 6) is -0.158. The number of ether oxygens (including phenoxy) is 2. The molecule has 1 atom stereocenters. The molecule has 0 radical (unpaired) electrons. The van der Waals surface area contributed by atoms with Gasteiger partial charge in [0.15, 0.2) is 31.8 Å². The van der Waals surface area contributed by atoms with E-state index in [4.69, 9.17) is 14.3 Å². The summed E-state index contributed by atoms with van der Waals surface area (Å²) in [6.07, 6.45) is 2.68. The fourth-order valence-electron chi connectivity index (χ4n) is 2.81. The topological polar surface area (TPSA) is 142 Å². The Morgan fingerprint density at radius 2 is 2.12 bits per heavy atom. The second kappa shape index (κ2) is 9.14. The third-order valence-corrected chi connectivity index (χ3v) is 6.33. The molecule has 0 aliphatic carbocycles. The Morgan fingerprint density at radius 1 is 1.28 bits per heavy atom. The monoisotopic (exact) mass is 477 g/mol. The van der Waals surface area contributed by atoms with Gasteiger partial charge >= 0.3 is 0 Å². The minimum Gasteiger partial charge on any atom is -0.481 e. The van der Waals surface area contributed by atoms with Gasteiger partial charge in [0.25, 0.3) is 5.91 Å². The van der Waals surface area contributed by atoms with Crippen LogP contribution in [0.5, 0.6) is 5.88 Å². The van der Waals surface area contributed by atoms with Crippen LogP contribution in [0.1, 0.15) is 12.0 Å². The maximum absolute atomic E-state index is 13.0. The SMILES string of the molecule is COc1ccc2nc(NC(=O)/C(=N/O[C@@H]3CCOC3)c3ccc(S(C)(=O)=O)nc3)sc2n1. The number of sulfone groups is 1. The van der Waals surface area contributed by atoms with E-state index in [-0.39, 0.29) is 22.4 Å². The van der Waals surface area contributed by atoms with E-state index < -0.39 is 15.7 Å². The van der Waals surface area contributed by atoms with Gasteiger partial charge in [-0.15, -0.1) is 0 Å². The molecule has 0 unspecified atom stereocenters. The zero-order valence-corrected chi connectivity index (χ0v) is 18.8. The lowest BCUT2D eigenvalue weighted by atomic mass is 10.1. The van der Waals surface area contributed by atoms with Gasteiger partial charge in [-0.25, -0.2) is 23.4 Å². The quantitative estimate of drug-likeness (QED) is 0.397. The fraction of sp³-hybridized carbons (Fsp3) is 0.316. The van der Waals surface area contributed by atoms with Crippen LogP contribution in [0, 0.1) is 0 Å². The number of carbonyl (C=O) groups is 1. The number of anilines is 1.